The number of halogens is 1. The third-order valence-corrected chi connectivity index (χ3v) is 5.03. The van der Waals surface area contributed by atoms with Crippen LogP contribution in [0, 0.1) is 11.7 Å². The highest BCUT2D eigenvalue weighted by molar-refractivity contribution is 5.47. The number of anilines is 1. The van der Waals surface area contributed by atoms with E-state index < -0.39 is 0 Å². The van der Waals surface area contributed by atoms with Crippen molar-refractivity contribution in [2.45, 2.75) is 32.4 Å². The van der Waals surface area contributed by atoms with E-state index in [9.17, 15) is 9.50 Å². The maximum Gasteiger partial charge on any atom is 0.123 e. The molecule has 1 fully saturated rings. The van der Waals surface area contributed by atoms with Crippen LogP contribution < -0.4 is 5.32 Å². The molecule has 1 heterocycles. The first kappa shape index (κ1) is 17.9. The maximum atomic E-state index is 13.4. The van der Waals surface area contributed by atoms with Crippen LogP contribution in [0.25, 0.3) is 0 Å². The molecule has 2 N–H and O–H groups in total. The third-order valence-electron chi connectivity index (χ3n) is 5.03. The predicted octanol–water partition coefficient (Wildman–Crippen LogP) is 4.20. The van der Waals surface area contributed by atoms with Gasteiger partial charge >= 0.3 is 0 Å². The Morgan fingerprint density at radius 1 is 1.16 bits per heavy atom. The van der Waals surface area contributed by atoms with Crippen LogP contribution in [0.5, 0.6) is 0 Å². The second-order valence-corrected chi connectivity index (χ2v) is 7.02. The SMILES string of the molecule is CC(Nc1cccc(CN2CCC(CO)CC2)c1)c1cccc(F)c1. The number of benzene rings is 2. The molecule has 2 aromatic carbocycles. The summed E-state index contributed by atoms with van der Waals surface area (Å²) in [5.41, 5.74) is 3.27. The molecule has 1 aliphatic rings. The van der Waals surface area contributed by atoms with Gasteiger partial charge in [-0.15, -0.1) is 0 Å². The second-order valence-electron chi connectivity index (χ2n) is 7.02. The highest BCUT2D eigenvalue weighted by Crippen LogP contribution is 2.23. The molecule has 1 unspecified atom stereocenters. The summed E-state index contributed by atoms with van der Waals surface area (Å²) in [4.78, 5) is 2.45. The van der Waals surface area contributed by atoms with E-state index in [0.29, 0.717) is 12.5 Å². The van der Waals surface area contributed by atoms with Gasteiger partial charge in [0, 0.05) is 24.9 Å². The molecule has 3 nitrogen and oxygen atoms in total. The summed E-state index contributed by atoms with van der Waals surface area (Å²) in [6.07, 6.45) is 2.15. The fourth-order valence-corrected chi connectivity index (χ4v) is 3.45. The summed E-state index contributed by atoms with van der Waals surface area (Å²) in [7, 11) is 0. The molecule has 0 bridgehead atoms. The van der Waals surface area contributed by atoms with Gasteiger partial charge in [0.1, 0.15) is 5.82 Å². The van der Waals surface area contributed by atoms with Crippen molar-refractivity contribution in [3.63, 3.8) is 0 Å². The Kier molecular flexibility index (Phi) is 6.05. The number of hydrogen-bond donors (Lipinski definition) is 2. The van der Waals surface area contributed by atoms with Gasteiger partial charge in [-0.05, 0) is 74.2 Å². The zero-order valence-corrected chi connectivity index (χ0v) is 14.8. The zero-order valence-electron chi connectivity index (χ0n) is 14.8. The molecule has 0 aromatic heterocycles. The molecule has 2 aromatic rings. The van der Waals surface area contributed by atoms with Crippen LogP contribution in [0.15, 0.2) is 48.5 Å². The van der Waals surface area contributed by atoms with Gasteiger partial charge in [0.15, 0.2) is 0 Å². The first-order chi connectivity index (χ1) is 12.1. The fourth-order valence-electron chi connectivity index (χ4n) is 3.45. The van der Waals surface area contributed by atoms with E-state index in [1.807, 2.05) is 13.0 Å². The topological polar surface area (TPSA) is 35.5 Å². The van der Waals surface area contributed by atoms with Crippen LogP contribution >= 0.6 is 0 Å². The van der Waals surface area contributed by atoms with E-state index in [2.05, 4.69) is 34.5 Å². The van der Waals surface area contributed by atoms with E-state index in [1.165, 1.54) is 11.6 Å². The zero-order chi connectivity index (χ0) is 17.6. The standard InChI is InChI=1S/C21H27FN2O/c1-16(19-5-3-6-20(22)13-19)23-21-7-2-4-18(12-21)14-24-10-8-17(15-25)9-11-24/h2-7,12-13,16-17,23,25H,8-11,14-15H2,1H3. The van der Waals surface area contributed by atoms with E-state index in [1.54, 1.807) is 12.1 Å². The number of likely N-dealkylation sites (tertiary alicyclic amines) is 1. The third kappa shape index (κ3) is 5.03. The first-order valence-corrected chi connectivity index (χ1v) is 9.08. The molecule has 0 aliphatic carbocycles. The number of aliphatic hydroxyl groups excluding tert-OH is 1. The molecular formula is C21H27FN2O. The number of piperidine rings is 1. The normalized spacial score (nSPS) is 17.4. The number of nitrogens with zero attached hydrogens (tertiary/aromatic N) is 1. The molecule has 0 saturated carbocycles. The van der Waals surface area contributed by atoms with Crippen molar-refractivity contribution in [2.24, 2.45) is 5.92 Å². The Bertz CT molecular complexity index is 683. The molecule has 0 spiro atoms. The van der Waals surface area contributed by atoms with Crippen LogP contribution in [-0.4, -0.2) is 29.7 Å². The number of hydrogen-bond acceptors (Lipinski definition) is 3. The molecule has 3 rings (SSSR count). The Hall–Kier alpha value is -1.91. The summed E-state index contributed by atoms with van der Waals surface area (Å²) in [6.45, 7) is 5.37. The van der Waals surface area contributed by atoms with Gasteiger partial charge < -0.3 is 10.4 Å². The van der Waals surface area contributed by atoms with E-state index in [4.69, 9.17) is 0 Å². The van der Waals surface area contributed by atoms with Gasteiger partial charge in [0.2, 0.25) is 0 Å². The average molecular weight is 342 g/mol. The lowest BCUT2D eigenvalue weighted by Gasteiger charge is -2.31. The van der Waals surface area contributed by atoms with Crippen molar-refractivity contribution in [2.75, 3.05) is 25.0 Å². The van der Waals surface area contributed by atoms with Crippen LogP contribution in [0.3, 0.4) is 0 Å². The monoisotopic (exact) mass is 342 g/mol. The van der Waals surface area contributed by atoms with Crippen molar-refractivity contribution in [1.82, 2.24) is 4.90 Å². The number of nitrogens with one attached hydrogen (secondary N) is 1. The van der Waals surface area contributed by atoms with Crippen molar-refractivity contribution >= 4 is 5.69 Å². The van der Waals surface area contributed by atoms with Gasteiger partial charge in [-0.2, -0.15) is 0 Å². The van der Waals surface area contributed by atoms with E-state index >= 15 is 0 Å². The average Bonchev–Trinajstić information content (AvgIpc) is 2.63. The summed E-state index contributed by atoms with van der Waals surface area (Å²) >= 11 is 0. The van der Waals surface area contributed by atoms with Gasteiger partial charge in [-0.3, -0.25) is 4.90 Å². The highest BCUT2D eigenvalue weighted by atomic mass is 19.1. The van der Waals surface area contributed by atoms with Crippen LogP contribution in [0.2, 0.25) is 0 Å². The van der Waals surface area contributed by atoms with Crippen molar-refractivity contribution in [3.8, 4) is 0 Å². The molecule has 0 radical (unpaired) electrons. The van der Waals surface area contributed by atoms with Gasteiger partial charge in [0.25, 0.3) is 0 Å². The Labute approximate surface area is 149 Å². The maximum absolute atomic E-state index is 13.4. The number of aliphatic hydroxyl groups is 1. The minimum atomic E-state index is -0.203. The quantitative estimate of drug-likeness (QED) is 0.826. The van der Waals surface area contributed by atoms with Gasteiger partial charge in [-0.25, -0.2) is 4.39 Å². The summed E-state index contributed by atoms with van der Waals surface area (Å²) in [6, 6.07) is 15.2. The molecular weight excluding hydrogens is 315 g/mol. The van der Waals surface area contributed by atoms with Crippen LogP contribution in [0.4, 0.5) is 10.1 Å². The smallest absolute Gasteiger partial charge is 0.123 e. The lowest BCUT2D eigenvalue weighted by atomic mass is 9.97. The summed E-state index contributed by atoms with van der Waals surface area (Å²) < 4.78 is 13.4. The Balaban J connectivity index is 1.60. The second kappa shape index (κ2) is 8.45. The molecule has 134 valence electrons. The number of rotatable bonds is 6. The van der Waals surface area contributed by atoms with Crippen LogP contribution in [-0.2, 0) is 6.54 Å². The minimum Gasteiger partial charge on any atom is -0.396 e. The molecule has 25 heavy (non-hydrogen) atoms. The molecule has 0 amide bonds. The Morgan fingerprint density at radius 2 is 1.92 bits per heavy atom. The first-order valence-electron chi connectivity index (χ1n) is 9.08. The molecule has 1 aliphatic heterocycles. The minimum absolute atomic E-state index is 0.0475. The van der Waals surface area contributed by atoms with Gasteiger partial charge in [-0.1, -0.05) is 24.3 Å². The highest BCUT2D eigenvalue weighted by Gasteiger charge is 2.18. The van der Waals surface area contributed by atoms with Crippen LogP contribution in [0.1, 0.15) is 36.9 Å². The summed E-state index contributed by atoms with van der Waals surface area (Å²) in [5, 5.41) is 12.7. The van der Waals surface area contributed by atoms with E-state index in [0.717, 1.165) is 43.7 Å². The lowest BCUT2D eigenvalue weighted by Crippen LogP contribution is -2.34. The van der Waals surface area contributed by atoms with Crippen molar-refractivity contribution in [3.05, 3.63) is 65.5 Å². The predicted molar refractivity (Wildman–Crippen MR) is 100.0 cm³/mol. The Morgan fingerprint density at radius 3 is 2.64 bits per heavy atom. The molecule has 1 saturated heterocycles. The van der Waals surface area contributed by atoms with Gasteiger partial charge in [0.05, 0.1) is 0 Å². The summed E-state index contributed by atoms with van der Waals surface area (Å²) in [5.74, 6) is 0.266. The fraction of sp³-hybridized carbons (Fsp3) is 0.429. The largest absolute Gasteiger partial charge is 0.396 e. The van der Waals surface area contributed by atoms with E-state index in [-0.39, 0.29) is 11.9 Å². The molecule has 1 atom stereocenters. The lowest BCUT2D eigenvalue weighted by molar-refractivity contribution is 0.127. The molecule has 4 heteroatoms. The van der Waals surface area contributed by atoms with Crippen molar-refractivity contribution < 1.29 is 9.50 Å². The van der Waals surface area contributed by atoms with Crippen molar-refractivity contribution in [1.29, 1.82) is 0 Å².